The number of benzene rings is 2. The Morgan fingerprint density at radius 1 is 1.10 bits per heavy atom. The van der Waals surface area contributed by atoms with Gasteiger partial charge in [-0.2, -0.15) is 4.31 Å². The molecule has 2 aromatic rings. The molecular formula is C22H25N3O5S. The molecule has 2 heterocycles. The summed E-state index contributed by atoms with van der Waals surface area (Å²) in [4.78, 5) is 24.7. The molecule has 0 bridgehead atoms. The maximum atomic E-state index is 13.0. The maximum Gasteiger partial charge on any atom is 0.265 e. The second-order valence-corrected chi connectivity index (χ2v) is 9.70. The van der Waals surface area contributed by atoms with E-state index in [4.69, 9.17) is 4.74 Å². The van der Waals surface area contributed by atoms with Crippen molar-refractivity contribution in [2.75, 3.05) is 23.7 Å². The van der Waals surface area contributed by atoms with Crippen LogP contribution in [0.25, 0.3) is 0 Å². The zero-order valence-corrected chi connectivity index (χ0v) is 18.1. The van der Waals surface area contributed by atoms with E-state index in [0.717, 1.165) is 25.7 Å². The zero-order chi connectivity index (χ0) is 22.0. The van der Waals surface area contributed by atoms with Crippen molar-refractivity contribution < 1.29 is 22.7 Å². The van der Waals surface area contributed by atoms with Gasteiger partial charge in [-0.05, 0) is 56.2 Å². The lowest BCUT2D eigenvalue weighted by Gasteiger charge is -2.23. The molecule has 2 aliphatic rings. The summed E-state index contributed by atoms with van der Waals surface area (Å²) >= 11 is 0. The molecule has 0 radical (unpaired) electrons. The van der Waals surface area contributed by atoms with E-state index < -0.39 is 22.0 Å². The largest absolute Gasteiger partial charge is 0.479 e. The first-order valence-corrected chi connectivity index (χ1v) is 11.8. The third-order valence-corrected chi connectivity index (χ3v) is 7.36. The summed E-state index contributed by atoms with van der Waals surface area (Å²) in [5.41, 5.74) is 1.17. The number of anilines is 2. The van der Waals surface area contributed by atoms with Gasteiger partial charge in [0.15, 0.2) is 6.10 Å². The monoisotopic (exact) mass is 443 g/mol. The summed E-state index contributed by atoms with van der Waals surface area (Å²) in [6.07, 6.45) is 3.16. The van der Waals surface area contributed by atoms with Crippen molar-refractivity contribution in [3.05, 3.63) is 48.0 Å². The summed E-state index contributed by atoms with van der Waals surface area (Å²) < 4.78 is 33.1. The number of nitrogens with one attached hydrogen (secondary N) is 2. The van der Waals surface area contributed by atoms with Crippen LogP contribution in [0.15, 0.2) is 47.4 Å². The highest BCUT2D eigenvalue weighted by atomic mass is 32.2. The molecule has 1 unspecified atom stereocenters. The fourth-order valence-corrected chi connectivity index (χ4v) is 5.28. The van der Waals surface area contributed by atoms with Crippen LogP contribution in [0.5, 0.6) is 5.75 Å². The van der Waals surface area contributed by atoms with Gasteiger partial charge in [0, 0.05) is 24.3 Å². The van der Waals surface area contributed by atoms with Gasteiger partial charge in [-0.1, -0.05) is 18.9 Å². The number of fused-ring (bicyclic) bond motifs is 1. The normalized spacial score (nSPS) is 19.5. The highest BCUT2D eigenvalue weighted by Crippen LogP contribution is 2.32. The summed E-state index contributed by atoms with van der Waals surface area (Å²) in [6.45, 7) is 2.65. The Labute approximate surface area is 181 Å². The Hall–Kier alpha value is -2.91. The second-order valence-electron chi connectivity index (χ2n) is 7.76. The minimum Gasteiger partial charge on any atom is -0.479 e. The number of hydrogen-bond donors (Lipinski definition) is 2. The van der Waals surface area contributed by atoms with Crippen molar-refractivity contribution in [2.45, 2.75) is 43.6 Å². The molecule has 1 fully saturated rings. The summed E-state index contributed by atoms with van der Waals surface area (Å²) in [6, 6.07) is 11.0. The molecular weight excluding hydrogens is 418 g/mol. The van der Waals surface area contributed by atoms with Gasteiger partial charge >= 0.3 is 0 Å². The number of hydrogen-bond acceptors (Lipinski definition) is 5. The molecule has 0 spiro atoms. The molecule has 0 aliphatic carbocycles. The van der Waals surface area contributed by atoms with Crippen LogP contribution in [0, 0.1) is 0 Å². The highest BCUT2D eigenvalue weighted by Gasteiger charge is 2.26. The van der Waals surface area contributed by atoms with E-state index >= 15 is 0 Å². The second kappa shape index (κ2) is 8.68. The Bertz CT molecular complexity index is 1110. The van der Waals surface area contributed by atoms with Crippen LogP contribution in [0.1, 0.15) is 43.0 Å². The molecule has 9 heteroatoms. The van der Waals surface area contributed by atoms with E-state index in [0.29, 0.717) is 30.2 Å². The van der Waals surface area contributed by atoms with E-state index in [1.807, 2.05) is 0 Å². The molecule has 2 aromatic carbocycles. The lowest BCUT2D eigenvalue weighted by molar-refractivity contribution is -0.122. The Balaban J connectivity index is 1.52. The molecule has 0 saturated carbocycles. The molecule has 31 heavy (non-hydrogen) atoms. The van der Waals surface area contributed by atoms with Crippen molar-refractivity contribution in [2.24, 2.45) is 0 Å². The van der Waals surface area contributed by atoms with Crippen LogP contribution in [-0.2, 0) is 14.8 Å². The predicted molar refractivity (Wildman–Crippen MR) is 117 cm³/mol. The third kappa shape index (κ3) is 4.57. The molecule has 0 aromatic heterocycles. The Morgan fingerprint density at radius 2 is 1.84 bits per heavy atom. The number of carbonyl (C=O) groups excluding carboxylic acids is 2. The van der Waals surface area contributed by atoms with E-state index in [9.17, 15) is 18.0 Å². The van der Waals surface area contributed by atoms with E-state index in [1.165, 1.54) is 16.4 Å². The Kier molecular flexibility index (Phi) is 5.97. The lowest BCUT2D eigenvalue weighted by Crippen LogP contribution is -2.34. The summed E-state index contributed by atoms with van der Waals surface area (Å²) in [5, 5.41) is 5.48. The van der Waals surface area contributed by atoms with Gasteiger partial charge in [-0.25, -0.2) is 8.42 Å². The van der Waals surface area contributed by atoms with Gasteiger partial charge in [-0.15, -0.1) is 0 Å². The van der Waals surface area contributed by atoms with Crippen LogP contribution in [0.3, 0.4) is 0 Å². The van der Waals surface area contributed by atoms with Crippen LogP contribution in [0.2, 0.25) is 0 Å². The molecule has 4 rings (SSSR count). The molecule has 1 atom stereocenters. The van der Waals surface area contributed by atoms with Crippen molar-refractivity contribution in [3.8, 4) is 5.75 Å². The Morgan fingerprint density at radius 3 is 2.58 bits per heavy atom. The van der Waals surface area contributed by atoms with E-state index in [2.05, 4.69) is 10.6 Å². The number of nitrogens with zero attached hydrogens (tertiary/aromatic N) is 1. The van der Waals surface area contributed by atoms with Gasteiger partial charge in [0.25, 0.3) is 11.8 Å². The maximum absolute atomic E-state index is 13.0. The van der Waals surface area contributed by atoms with Gasteiger partial charge in [0.1, 0.15) is 5.75 Å². The van der Waals surface area contributed by atoms with E-state index in [-0.39, 0.29) is 16.4 Å². The van der Waals surface area contributed by atoms with Crippen molar-refractivity contribution in [1.29, 1.82) is 0 Å². The number of sulfonamides is 1. The highest BCUT2D eigenvalue weighted by molar-refractivity contribution is 7.89. The standard InChI is InChI=1S/C22H25N3O5S/c1-15-21(26)24-19-14-17(9-10-20(19)30-15)23-22(27)16-7-6-8-18(13-16)31(28,29)25-11-4-2-3-5-12-25/h6-10,13-15H,2-5,11-12H2,1H3,(H,23,27)(H,24,26). The van der Waals surface area contributed by atoms with Gasteiger partial charge in [-0.3, -0.25) is 9.59 Å². The average Bonchev–Trinajstić information content (AvgIpc) is 3.05. The number of rotatable bonds is 4. The summed E-state index contributed by atoms with van der Waals surface area (Å²) in [5.74, 6) is -0.178. The van der Waals surface area contributed by atoms with Gasteiger partial charge in [0.2, 0.25) is 10.0 Å². The minimum atomic E-state index is -3.65. The van der Waals surface area contributed by atoms with Crippen LogP contribution < -0.4 is 15.4 Å². The quantitative estimate of drug-likeness (QED) is 0.755. The van der Waals surface area contributed by atoms with Crippen molar-refractivity contribution in [3.63, 3.8) is 0 Å². The van der Waals surface area contributed by atoms with E-state index in [1.54, 1.807) is 37.3 Å². The minimum absolute atomic E-state index is 0.113. The molecule has 8 nitrogen and oxygen atoms in total. The van der Waals surface area contributed by atoms with Gasteiger partial charge < -0.3 is 15.4 Å². The van der Waals surface area contributed by atoms with Crippen LogP contribution in [0.4, 0.5) is 11.4 Å². The molecule has 2 aliphatic heterocycles. The molecule has 164 valence electrons. The first-order chi connectivity index (χ1) is 14.8. The SMILES string of the molecule is CC1Oc2ccc(NC(=O)c3cccc(S(=O)(=O)N4CCCCCC4)c3)cc2NC1=O. The molecule has 1 saturated heterocycles. The first-order valence-electron chi connectivity index (χ1n) is 10.4. The third-order valence-electron chi connectivity index (χ3n) is 5.47. The van der Waals surface area contributed by atoms with Crippen molar-refractivity contribution >= 4 is 33.2 Å². The predicted octanol–water partition coefficient (Wildman–Crippen LogP) is 3.22. The number of carbonyl (C=O) groups is 2. The van der Waals surface area contributed by atoms with Gasteiger partial charge in [0.05, 0.1) is 10.6 Å². The first kappa shape index (κ1) is 21.3. The molecule has 2 amide bonds. The number of ether oxygens (including phenoxy) is 1. The van der Waals surface area contributed by atoms with Crippen molar-refractivity contribution in [1.82, 2.24) is 4.31 Å². The topological polar surface area (TPSA) is 105 Å². The zero-order valence-electron chi connectivity index (χ0n) is 17.3. The molecule has 2 N–H and O–H groups in total. The number of amides is 2. The fraction of sp³-hybridized carbons (Fsp3) is 0.364. The fourth-order valence-electron chi connectivity index (χ4n) is 3.72. The average molecular weight is 444 g/mol. The lowest BCUT2D eigenvalue weighted by atomic mass is 10.2. The smallest absolute Gasteiger partial charge is 0.265 e. The van der Waals surface area contributed by atoms with Crippen LogP contribution >= 0.6 is 0 Å². The van der Waals surface area contributed by atoms with Crippen LogP contribution in [-0.4, -0.2) is 43.7 Å². The summed E-state index contributed by atoms with van der Waals surface area (Å²) in [7, 11) is -3.65.